The monoisotopic (exact) mass is 225 g/mol. The van der Waals surface area contributed by atoms with Crippen molar-refractivity contribution < 1.29 is 9.53 Å². The molecule has 4 heteroatoms. The molecule has 0 saturated carbocycles. The molecule has 1 unspecified atom stereocenters. The maximum atomic E-state index is 11.3. The summed E-state index contributed by atoms with van der Waals surface area (Å²) in [7, 11) is 1.42. The van der Waals surface area contributed by atoms with Gasteiger partial charge in [0.2, 0.25) is 0 Å². The highest BCUT2D eigenvalue weighted by Crippen LogP contribution is 2.28. The molecule has 1 aromatic heterocycles. The zero-order chi connectivity index (χ0) is 10.7. The predicted octanol–water partition coefficient (Wildman–Crippen LogP) is 2.35. The van der Waals surface area contributed by atoms with Gasteiger partial charge in [0.15, 0.2) is 0 Å². The molecule has 0 bridgehead atoms. The zero-order valence-corrected chi connectivity index (χ0v) is 9.60. The number of methoxy groups -OCH3 is 1. The topological polar surface area (TPSA) is 38.3 Å². The average molecular weight is 225 g/mol. The Kier molecular flexibility index (Phi) is 3.38. The second kappa shape index (κ2) is 4.77. The molecular weight excluding hydrogens is 210 g/mol. The first-order valence-corrected chi connectivity index (χ1v) is 6.09. The van der Waals surface area contributed by atoms with Crippen LogP contribution in [0.3, 0.4) is 0 Å². The Hall–Kier alpha value is -0.870. The van der Waals surface area contributed by atoms with E-state index in [9.17, 15) is 4.79 Å². The molecular formula is C11H15NO2S. The highest BCUT2D eigenvalue weighted by molar-refractivity contribution is 7.10. The summed E-state index contributed by atoms with van der Waals surface area (Å²) in [4.78, 5) is 12.5. The van der Waals surface area contributed by atoms with Crippen molar-refractivity contribution >= 4 is 17.3 Å². The summed E-state index contributed by atoms with van der Waals surface area (Å²) in [5, 5.41) is 5.34. The fourth-order valence-corrected chi connectivity index (χ4v) is 2.84. The number of hydrogen-bond donors (Lipinski definition) is 1. The minimum Gasteiger partial charge on any atom is -0.465 e. The molecule has 2 heterocycles. The van der Waals surface area contributed by atoms with Crippen LogP contribution in [-0.2, 0) is 4.74 Å². The van der Waals surface area contributed by atoms with Crippen LogP contribution in [0.1, 0.15) is 40.5 Å². The molecule has 1 aliphatic rings. The van der Waals surface area contributed by atoms with Gasteiger partial charge in [0, 0.05) is 16.3 Å². The van der Waals surface area contributed by atoms with Crippen molar-refractivity contribution in [1.29, 1.82) is 0 Å². The first-order chi connectivity index (χ1) is 7.31. The number of carbonyl (C=O) groups is 1. The van der Waals surface area contributed by atoms with Gasteiger partial charge in [0.05, 0.1) is 12.7 Å². The summed E-state index contributed by atoms with van der Waals surface area (Å²) >= 11 is 1.64. The van der Waals surface area contributed by atoms with Gasteiger partial charge in [-0.05, 0) is 25.5 Å². The van der Waals surface area contributed by atoms with Gasteiger partial charge >= 0.3 is 5.97 Å². The molecule has 0 aromatic carbocycles. The van der Waals surface area contributed by atoms with Crippen LogP contribution < -0.4 is 5.32 Å². The molecule has 1 N–H and O–H groups in total. The quantitative estimate of drug-likeness (QED) is 0.785. The molecule has 0 radical (unpaired) electrons. The van der Waals surface area contributed by atoms with Crippen LogP contribution >= 0.6 is 11.3 Å². The van der Waals surface area contributed by atoms with Crippen LogP contribution in [0.15, 0.2) is 11.4 Å². The summed E-state index contributed by atoms with van der Waals surface area (Å²) in [5.74, 6) is -0.242. The normalized spacial score (nSPS) is 21.3. The van der Waals surface area contributed by atoms with Gasteiger partial charge in [-0.2, -0.15) is 0 Å². The molecule has 1 aromatic rings. The molecule has 82 valence electrons. The van der Waals surface area contributed by atoms with Gasteiger partial charge in [0.25, 0.3) is 0 Å². The number of esters is 1. The lowest BCUT2D eigenvalue weighted by Crippen LogP contribution is -2.26. The zero-order valence-electron chi connectivity index (χ0n) is 8.79. The van der Waals surface area contributed by atoms with Gasteiger partial charge < -0.3 is 10.1 Å². The van der Waals surface area contributed by atoms with Crippen LogP contribution in [0.2, 0.25) is 0 Å². The largest absolute Gasteiger partial charge is 0.465 e. The Bertz CT molecular complexity index is 342. The minimum atomic E-state index is -0.242. The van der Waals surface area contributed by atoms with Crippen LogP contribution in [0, 0.1) is 0 Å². The SMILES string of the molecule is COC(=O)c1csc(C2CCCCN2)c1. The Labute approximate surface area is 93.4 Å². The molecule has 15 heavy (non-hydrogen) atoms. The third kappa shape index (κ3) is 2.38. The molecule has 1 aliphatic heterocycles. The van der Waals surface area contributed by atoms with E-state index in [1.165, 1.54) is 31.2 Å². The van der Waals surface area contributed by atoms with Gasteiger partial charge in [-0.3, -0.25) is 0 Å². The molecule has 0 amide bonds. The molecule has 1 atom stereocenters. The van der Waals surface area contributed by atoms with Crippen molar-refractivity contribution in [2.45, 2.75) is 25.3 Å². The number of nitrogens with one attached hydrogen (secondary N) is 1. The van der Waals surface area contributed by atoms with E-state index in [4.69, 9.17) is 0 Å². The highest BCUT2D eigenvalue weighted by atomic mass is 32.1. The first-order valence-electron chi connectivity index (χ1n) is 5.21. The second-order valence-corrected chi connectivity index (χ2v) is 4.67. The van der Waals surface area contributed by atoms with Crippen molar-refractivity contribution in [3.05, 3.63) is 21.9 Å². The molecule has 2 rings (SSSR count). The highest BCUT2D eigenvalue weighted by Gasteiger charge is 2.18. The van der Waals surface area contributed by atoms with Crippen LogP contribution in [-0.4, -0.2) is 19.6 Å². The number of rotatable bonds is 2. The van der Waals surface area contributed by atoms with Gasteiger partial charge in [-0.15, -0.1) is 11.3 Å². The van der Waals surface area contributed by atoms with Crippen molar-refractivity contribution in [1.82, 2.24) is 5.32 Å². The van der Waals surface area contributed by atoms with Gasteiger partial charge in [-0.1, -0.05) is 6.42 Å². The van der Waals surface area contributed by atoms with Crippen LogP contribution in [0.4, 0.5) is 0 Å². The summed E-state index contributed by atoms with van der Waals surface area (Å²) in [6.45, 7) is 1.08. The molecule has 0 spiro atoms. The number of ether oxygens (including phenoxy) is 1. The summed E-state index contributed by atoms with van der Waals surface area (Å²) < 4.78 is 4.68. The second-order valence-electron chi connectivity index (χ2n) is 3.73. The predicted molar refractivity (Wildman–Crippen MR) is 60.3 cm³/mol. The number of hydrogen-bond acceptors (Lipinski definition) is 4. The number of piperidine rings is 1. The van der Waals surface area contributed by atoms with E-state index in [1.54, 1.807) is 11.3 Å². The van der Waals surface area contributed by atoms with E-state index < -0.39 is 0 Å². The minimum absolute atomic E-state index is 0.242. The lowest BCUT2D eigenvalue weighted by Gasteiger charge is -2.22. The fourth-order valence-electron chi connectivity index (χ4n) is 1.86. The van der Waals surface area contributed by atoms with E-state index in [-0.39, 0.29) is 5.97 Å². The lowest BCUT2D eigenvalue weighted by molar-refractivity contribution is 0.0601. The Morgan fingerprint density at radius 2 is 2.47 bits per heavy atom. The maximum Gasteiger partial charge on any atom is 0.338 e. The standard InChI is InChI=1S/C11H15NO2S/c1-14-11(13)8-6-10(15-7-8)9-4-2-3-5-12-9/h6-7,9,12H,2-5H2,1H3. The van der Waals surface area contributed by atoms with Crippen molar-refractivity contribution in [3.8, 4) is 0 Å². The number of thiophene rings is 1. The van der Waals surface area contributed by atoms with Gasteiger partial charge in [0.1, 0.15) is 0 Å². The van der Waals surface area contributed by atoms with Crippen molar-refractivity contribution in [2.24, 2.45) is 0 Å². The van der Waals surface area contributed by atoms with Crippen LogP contribution in [0.5, 0.6) is 0 Å². The summed E-state index contributed by atoms with van der Waals surface area (Å²) in [6, 6.07) is 2.38. The van der Waals surface area contributed by atoms with E-state index in [2.05, 4.69) is 10.1 Å². The Balaban J connectivity index is 2.08. The lowest BCUT2D eigenvalue weighted by atomic mass is 10.0. The summed E-state index contributed by atoms with van der Waals surface area (Å²) in [6.07, 6.45) is 3.69. The third-order valence-corrected chi connectivity index (χ3v) is 3.74. The molecule has 0 aliphatic carbocycles. The molecule has 3 nitrogen and oxygen atoms in total. The third-order valence-electron chi connectivity index (χ3n) is 2.69. The van der Waals surface area contributed by atoms with Gasteiger partial charge in [-0.25, -0.2) is 4.79 Å². The number of carbonyl (C=O) groups excluding carboxylic acids is 1. The molecule has 1 saturated heterocycles. The van der Waals surface area contributed by atoms with E-state index in [0.717, 1.165) is 6.54 Å². The molecule has 1 fully saturated rings. The Morgan fingerprint density at radius 1 is 1.60 bits per heavy atom. The first kappa shape index (κ1) is 10.6. The van der Waals surface area contributed by atoms with Crippen molar-refractivity contribution in [3.63, 3.8) is 0 Å². The fraction of sp³-hybridized carbons (Fsp3) is 0.545. The van der Waals surface area contributed by atoms with E-state index in [1.807, 2.05) is 11.4 Å². The Morgan fingerprint density at radius 3 is 3.13 bits per heavy atom. The van der Waals surface area contributed by atoms with Crippen molar-refractivity contribution in [2.75, 3.05) is 13.7 Å². The smallest absolute Gasteiger partial charge is 0.338 e. The average Bonchev–Trinajstić information content (AvgIpc) is 2.78. The summed E-state index contributed by atoms with van der Waals surface area (Å²) in [5.41, 5.74) is 0.671. The van der Waals surface area contributed by atoms with E-state index in [0.29, 0.717) is 11.6 Å². The van der Waals surface area contributed by atoms with Crippen LogP contribution in [0.25, 0.3) is 0 Å². The van der Waals surface area contributed by atoms with E-state index >= 15 is 0 Å². The maximum absolute atomic E-state index is 11.3.